The van der Waals surface area contributed by atoms with E-state index in [1.165, 1.54) is 17.4 Å². The van der Waals surface area contributed by atoms with E-state index in [9.17, 15) is 18.0 Å². The van der Waals surface area contributed by atoms with Gasteiger partial charge in [-0.3, -0.25) is 4.79 Å². The molecule has 4 heterocycles. The number of carbonyl (C=O) groups is 1. The summed E-state index contributed by atoms with van der Waals surface area (Å²) in [5.41, 5.74) is 0.0838. The first-order valence-electron chi connectivity index (χ1n) is 9.19. The van der Waals surface area contributed by atoms with Crippen molar-refractivity contribution in [3.8, 4) is 0 Å². The molecule has 2 aliphatic rings. The Labute approximate surface area is 159 Å². The number of likely N-dealkylation sites (tertiary alicyclic amines) is 1. The second kappa shape index (κ2) is 7.18. The van der Waals surface area contributed by atoms with Gasteiger partial charge in [-0.25, -0.2) is 4.68 Å². The fourth-order valence-corrected chi connectivity index (χ4v) is 4.58. The van der Waals surface area contributed by atoms with Crippen LogP contribution in [0.1, 0.15) is 59.6 Å². The first-order valence-corrected chi connectivity index (χ1v) is 10.1. The fraction of sp³-hybridized carbons (Fsp3) is 0.556. The van der Waals surface area contributed by atoms with Crippen molar-refractivity contribution in [1.82, 2.24) is 14.7 Å². The summed E-state index contributed by atoms with van der Waals surface area (Å²) in [6, 6.07) is 2.93. The van der Waals surface area contributed by atoms with Gasteiger partial charge >= 0.3 is 6.18 Å². The van der Waals surface area contributed by atoms with Crippen LogP contribution in [0.5, 0.6) is 0 Å². The molecule has 0 saturated carbocycles. The summed E-state index contributed by atoms with van der Waals surface area (Å²) in [6.45, 7) is 1.27. The molecule has 0 spiro atoms. The molecule has 2 atom stereocenters. The molecule has 9 heteroatoms. The largest absolute Gasteiger partial charge is 0.410 e. The Bertz CT molecular complexity index is 794. The summed E-state index contributed by atoms with van der Waals surface area (Å²) in [4.78, 5) is 15.3. The number of fused-ring (bicyclic) bond motifs is 1. The first-order chi connectivity index (χ1) is 12.9. The zero-order valence-corrected chi connectivity index (χ0v) is 15.5. The molecule has 0 radical (unpaired) electrons. The zero-order chi connectivity index (χ0) is 19.0. The zero-order valence-electron chi connectivity index (χ0n) is 14.7. The number of halogens is 3. The van der Waals surface area contributed by atoms with Crippen molar-refractivity contribution in [2.45, 2.75) is 50.4 Å². The number of alkyl halides is 3. The lowest BCUT2D eigenvalue weighted by Crippen LogP contribution is -2.36. The molecule has 0 aromatic carbocycles. The van der Waals surface area contributed by atoms with Crippen molar-refractivity contribution in [2.24, 2.45) is 0 Å². The molecule has 2 aliphatic heterocycles. The van der Waals surface area contributed by atoms with Crippen LogP contribution in [0, 0.1) is 0 Å². The number of amides is 1. The maximum absolute atomic E-state index is 13.7. The van der Waals surface area contributed by atoms with Crippen LogP contribution in [0.4, 0.5) is 19.0 Å². The van der Waals surface area contributed by atoms with Crippen LogP contribution in [-0.2, 0) is 0 Å². The van der Waals surface area contributed by atoms with E-state index in [1.54, 1.807) is 4.90 Å². The van der Waals surface area contributed by atoms with Gasteiger partial charge in [-0.15, -0.1) is 11.3 Å². The lowest BCUT2D eigenvalue weighted by Gasteiger charge is -2.32. The molecule has 0 aliphatic carbocycles. The molecule has 1 fully saturated rings. The number of hydrogen-bond donors (Lipinski definition) is 1. The summed E-state index contributed by atoms with van der Waals surface area (Å²) < 4.78 is 42.0. The molecule has 1 amide bonds. The molecule has 1 N–H and O–H groups in total. The van der Waals surface area contributed by atoms with Crippen LogP contribution >= 0.6 is 11.3 Å². The standard InChI is InChI=1S/C18H21F3N4OS/c19-18(20,21)15-10-12(14-6-5-9-27-14)22-16-11-13(23-25(15)16)17(26)24-7-3-1-2-4-8-24/h5-6,9,11-12,15,22H,1-4,7-8,10H2/t12-,15+/m1/s1. The highest BCUT2D eigenvalue weighted by atomic mass is 32.1. The minimum Gasteiger partial charge on any atom is -0.363 e. The maximum Gasteiger partial charge on any atom is 0.410 e. The van der Waals surface area contributed by atoms with Gasteiger partial charge in [-0.05, 0) is 24.3 Å². The highest BCUT2D eigenvalue weighted by molar-refractivity contribution is 7.10. The minimum absolute atomic E-state index is 0.0838. The second-order valence-electron chi connectivity index (χ2n) is 7.07. The summed E-state index contributed by atoms with van der Waals surface area (Å²) >= 11 is 1.42. The molecule has 146 valence electrons. The highest BCUT2D eigenvalue weighted by Gasteiger charge is 2.47. The minimum atomic E-state index is -4.43. The van der Waals surface area contributed by atoms with Crippen molar-refractivity contribution in [3.63, 3.8) is 0 Å². The van der Waals surface area contributed by atoms with Crippen molar-refractivity contribution in [1.29, 1.82) is 0 Å². The third-order valence-corrected chi connectivity index (χ3v) is 6.17. The number of hydrogen-bond acceptors (Lipinski definition) is 4. The Kier molecular flexibility index (Phi) is 4.88. The Morgan fingerprint density at radius 1 is 1.22 bits per heavy atom. The quantitative estimate of drug-likeness (QED) is 0.803. The Hall–Kier alpha value is -2.03. The Morgan fingerprint density at radius 3 is 2.59 bits per heavy atom. The monoisotopic (exact) mass is 398 g/mol. The fourth-order valence-electron chi connectivity index (χ4n) is 3.79. The number of carbonyl (C=O) groups excluding carboxylic acids is 1. The van der Waals surface area contributed by atoms with Gasteiger partial charge in [0.15, 0.2) is 11.7 Å². The summed E-state index contributed by atoms with van der Waals surface area (Å²) in [5, 5.41) is 9.05. The predicted molar refractivity (Wildman–Crippen MR) is 97.0 cm³/mol. The average Bonchev–Trinajstić information content (AvgIpc) is 3.23. The third kappa shape index (κ3) is 3.69. The van der Waals surface area contributed by atoms with Gasteiger partial charge in [-0.1, -0.05) is 18.9 Å². The smallest absolute Gasteiger partial charge is 0.363 e. The molecule has 27 heavy (non-hydrogen) atoms. The van der Waals surface area contributed by atoms with Crippen molar-refractivity contribution >= 4 is 23.1 Å². The van der Waals surface area contributed by atoms with Gasteiger partial charge in [-0.2, -0.15) is 18.3 Å². The van der Waals surface area contributed by atoms with E-state index < -0.39 is 18.3 Å². The van der Waals surface area contributed by atoms with Crippen LogP contribution < -0.4 is 5.32 Å². The van der Waals surface area contributed by atoms with E-state index in [4.69, 9.17) is 0 Å². The van der Waals surface area contributed by atoms with E-state index in [0.717, 1.165) is 35.2 Å². The molecule has 0 bridgehead atoms. The van der Waals surface area contributed by atoms with Crippen LogP contribution in [0.25, 0.3) is 0 Å². The first kappa shape index (κ1) is 18.3. The van der Waals surface area contributed by atoms with Gasteiger partial charge in [0.2, 0.25) is 0 Å². The van der Waals surface area contributed by atoms with Crippen LogP contribution in [-0.4, -0.2) is 39.9 Å². The van der Waals surface area contributed by atoms with E-state index in [2.05, 4.69) is 10.4 Å². The number of nitrogens with zero attached hydrogens (tertiary/aromatic N) is 3. The molecule has 2 aromatic heterocycles. The summed E-state index contributed by atoms with van der Waals surface area (Å²) in [5.74, 6) is -0.0330. The van der Waals surface area contributed by atoms with Gasteiger partial charge < -0.3 is 10.2 Å². The van der Waals surface area contributed by atoms with E-state index in [-0.39, 0.29) is 23.8 Å². The SMILES string of the molecule is O=C(c1cc2n(n1)[C@H](C(F)(F)F)C[C@H](c1cccs1)N2)N1CCCCCC1. The highest BCUT2D eigenvalue weighted by Crippen LogP contribution is 2.44. The van der Waals surface area contributed by atoms with Crippen LogP contribution in [0.2, 0.25) is 0 Å². The number of thiophene rings is 1. The van der Waals surface area contributed by atoms with Crippen molar-refractivity contribution < 1.29 is 18.0 Å². The Balaban J connectivity index is 1.64. The van der Waals surface area contributed by atoms with Gasteiger partial charge in [0.1, 0.15) is 5.82 Å². The van der Waals surface area contributed by atoms with Gasteiger partial charge in [0, 0.05) is 30.5 Å². The Morgan fingerprint density at radius 2 is 1.96 bits per heavy atom. The van der Waals surface area contributed by atoms with E-state index >= 15 is 0 Å². The molecule has 4 rings (SSSR count). The molecule has 5 nitrogen and oxygen atoms in total. The van der Waals surface area contributed by atoms with Crippen LogP contribution in [0.3, 0.4) is 0 Å². The second-order valence-corrected chi connectivity index (χ2v) is 8.05. The average molecular weight is 398 g/mol. The summed E-state index contributed by atoms with van der Waals surface area (Å²) in [6.07, 6.45) is -0.586. The van der Waals surface area contributed by atoms with E-state index in [0.29, 0.717) is 13.1 Å². The number of rotatable bonds is 2. The molecule has 1 saturated heterocycles. The molecule has 0 unspecified atom stereocenters. The van der Waals surface area contributed by atoms with Gasteiger partial charge in [0.05, 0.1) is 6.04 Å². The normalized spacial score (nSPS) is 23.4. The lowest BCUT2D eigenvalue weighted by molar-refractivity contribution is -0.173. The van der Waals surface area contributed by atoms with Crippen LogP contribution in [0.15, 0.2) is 23.6 Å². The predicted octanol–water partition coefficient (Wildman–Crippen LogP) is 4.62. The number of anilines is 1. The molecular formula is C18H21F3N4OS. The summed E-state index contributed by atoms with van der Waals surface area (Å²) in [7, 11) is 0. The maximum atomic E-state index is 13.7. The number of aromatic nitrogens is 2. The molecular weight excluding hydrogens is 377 g/mol. The number of nitrogens with one attached hydrogen (secondary N) is 1. The molecule has 2 aromatic rings. The van der Waals surface area contributed by atoms with Crippen molar-refractivity contribution in [3.05, 3.63) is 34.2 Å². The lowest BCUT2D eigenvalue weighted by atomic mass is 10.0. The topological polar surface area (TPSA) is 50.2 Å². The van der Waals surface area contributed by atoms with Crippen molar-refractivity contribution in [2.75, 3.05) is 18.4 Å². The van der Waals surface area contributed by atoms with E-state index in [1.807, 2.05) is 17.5 Å². The third-order valence-electron chi connectivity index (χ3n) is 5.19. The van der Waals surface area contributed by atoms with Gasteiger partial charge in [0.25, 0.3) is 5.91 Å².